The third kappa shape index (κ3) is 6.82. The summed E-state index contributed by atoms with van der Waals surface area (Å²) in [5.74, 6) is -0.597. The van der Waals surface area contributed by atoms with Crippen molar-refractivity contribution in [2.24, 2.45) is 0 Å². The number of hydrogen-bond donors (Lipinski definition) is 0. The molecule has 0 fully saturated rings. The molecule has 1 aromatic carbocycles. The molecule has 0 heterocycles. The summed E-state index contributed by atoms with van der Waals surface area (Å²) in [4.78, 5) is 0. The molecule has 0 aliphatic heterocycles. The Bertz CT molecular complexity index is 499. The summed E-state index contributed by atoms with van der Waals surface area (Å²) in [5.41, 5.74) is 3.88. The van der Waals surface area contributed by atoms with Gasteiger partial charge in [0.15, 0.2) is 0 Å². The monoisotopic (exact) mass is 328 g/mol. The van der Waals surface area contributed by atoms with E-state index in [0.717, 1.165) is 11.1 Å². The molecule has 0 amide bonds. The molecule has 22 heavy (non-hydrogen) atoms. The number of hydrogen-bond acceptors (Lipinski definition) is 0. The number of rotatable bonds is 4. The third-order valence-corrected chi connectivity index (χ3v) is 4.68. The molecule has 0 nitrogen and oxygen atoms in total. The minimum Gasteiger partial charge on any atom is -0.171 e. The summed E-state index contributed by atoms with van der Waals surface area (Å²) < 4.78 is 38.6. The highest BCUT2D eigenvalue weighted by Crippen LogP contribution is 2.33. The van der Waals surface area contributed by atoms with Crippen molar-refractivity contribution in [3.8, 4) is 0 Å². The van der Waals surface area contributed by atoms with E-state index in [1.807, 2.05) is 30.0 Å². The summed E-state index contributed by atoms with van der Waals surface area (Å²) in [6.07, 6.45) is -3.20. The van der Waals surface area contributed by atoms with Gasteiger partial charge in [0.25, 0.3) is 0 Å². The maximum absolute atomic E-state index is 12.9. The minimum atomic E-state index is -4.16. The lowest BCUT2D eigenvalue weighted by Crippen LogP contribution is -2.18. The van der Waals surface area contributed by atoms with Gasteiger partial charge < -0.3 is 0 Å². The highest BCUT2D eigenvalue weighted by Gasteiger charge is 2.31. The van der Waals surface area contributed by atoms with Crippen molar-refractivity contribution in [2.75, 3.05) is 0 Å². The van der Waals surface area contributed by atoms with E-state index >= 15 is 0 Å². The first-order valence-electron chi connectivity index (χ1n) is 7.64. The largest absolute Gasteiger partial charge is 0.390 e. The van der Waals surface area contributed by atoms with Crippen LogP contribution in [0.25, 0.3) is 0 Å². The van der Waals surface area contributed by atoms with Gasteiger partial charge in [-0.3, -0.25) is 0 Å². The molecule has 1 aromatic rings. The SMILES string of the molecule is CC(C)(C)c1ccc([C@H](/C=C\[Si](C)(C)C)CC(F)(F)F)cc1. The van der Waals surface area contributed by atoms with Gasteiger partial charge in [-0.1, -0.05) is 76.5 Å². The fraction of sp³-hybridized carbons (Fsp3) is 0.556. The summed E-state index contributed by atoms with van der Waals surface area (Å²) in [6, 6.07) is 7.57. The molecule has 0 spiro atoms. The van der Waals surface area contributed by atoms with Gasteiger partial charge in [0.2, 0.25) is 0 Å². The van der Waals surface area contributed by atoms with E-state index in [-0.39, 0.29) is 5.41 Å². The average molecular weight is 328 g/mol. The van der Waals surface area contributed by atoms with Gasteiger partial charge in [-0.25, -0.2) is 0 Å². The van der Waals surface area contributed by atoms with Crippen LogP contribution in [0.4, 0.5) is 13.2 Å². The van der Waals surface area contributed by atoms with E-state index in [1.165, 1.54) is 0 Å². The maximum atomic E-state index is 12.9. The fourth-order valence-electron chi connectivity index (χ4n) is 2.18. The summed E-state index contributed by atoms with van der Waals surface area (Å²) in [6.45, 7) is 12.7. The van der Waals surface area contributed by atoms with Crippen molar-refractivity contribution in [3.05, 3.63) is 47.2 Å². The van der Waals surface area contributed by atoms with Gasteiger partial charge in [-0.2, -0.15) is 13.2 Å². The quantitative estimate of drug-likeness (QED) is 0.557. The summed E-state index contributed by atoms with van der Waals surface area (Å²) >= 11 is 0. The number of halogens is 3. The molecule has 0 bridgehead atoms. The molecule has 4 heteroatoms. The van der Waals surface area contributed by atoms with E-state index in [9.17, 15) is 13.2 Å². The van der Waals surface area contributed by atoms with E-state index in [0.29, 0.717) is 0 Å². The Morgan fingerprint density at radius 2 is 1.50 bits per heavy atom. The predicted molar refractivity (Wildman–Crippen MR) is 91.0 cm³/mol. The molecule has 0 N–H and O–H groups in total. The van der Waals surface area contributed by atoms with Crippen molar-refractivity contribution < 1.29 is 13.2 Å². The summed E-state index contributed by atoms with van der Waals surface area (Å²) in [5, 5.41) is 0. The Labute approximate surface area is 133 Å². The molecule has 0 unspecified atom stereocenters. The zero-order valence-corrected chi connectivity index (χ0v) is 15.4. The molecule has 0 radical (unpaired) electrons. The second kappa shape index (κ2) is 6.61. The standard InChI is InChI=1S/C18H27F3Si/c1-17(2,3)16-9-7-14(8-10-16)15(13-18(19,20)21)11-12-22(4,5)6/h7-12,15H,13H2,1-6H3/b12-11-/t15-/m1/s1. The molecule has 0 aromatic heterocycles. The molecule has 0 saturated heterocycles. The van der Waals surface area contributed by atoms with Crippen LogP contribution in [-0.2, 0) is 5.41 Å². The Kier molecular flexibility index (Phi) is 5.71. The van der Waals surface area contributed by atoms with Gasteiger partial charge in [-0.05, 0) is 16.5 Å². The molecular weight excluding hydrogens is 301 g/mol. The van der Waals surface area contributed by atoms with Crippen LogP contribution >= 0.6 is 0 Å². The zero-order valence-electron chi connectivity index (χ0n) is 14.4. The summed E-state index contributed by atoms with van der Waals surface area (Å²) in [7, 11) is -1.52. The Morgan fingerprint density at radius 1 is 1.00 bits per heavy atom. The van der Waals surface area contributed by atoms with Crippen LogP contribution in [-0.4, -0.2) is 14.3 Å². The maximum Gasteiger partial charge on any atom is 0.390 e. The van der Waals surface area contributed by atoms with E-state index in [2.05, 4.69) is 40.4 Å². The van der Waals surface area contributed by atoms with Crippen molar-refractivity contribution in [1.29, 1.82) is 0 Å². The fourth-order valence-corrected chi connectivity index (χ4v) is 2.99. The second-order valence-corrected chi connectivity index (χ2v) is 13.1. The minimum absolute atomic E-state index is 0.00617. The second-order valence-electron chi connectivity index (χ2n) is 8.02. The van der Waals surface area contributed by atoms with Crippen molar-refractivity contribution in [1.82, 2.24) is 0 Å². The molecule has 0 saturated carbocycles. The van der Waals surface area contributed by atoms with Crippen LogP contribution in [0.15, 0.2) is 36.0 Å². The normalized spacial score (nSPS) is 15.3. The first-order chi connectivity index (χ1) is 9.78. The van der Waals surface area contributed by atoms with Crippen LogP contribution in [0.1, 0.15) is 44.2 Å². The molecular formula is C18H27F3Si. The first kappa shape index (κ1) is 19.0. The lowest BCUT2D eigenvalue weighted by Gasteiger charge is -2.21. The van der Waals surface area contributed by atoms with Gasteiger partial charge in [0, 0.05) is 5.92 Å². The van der Waals surface area contributed by atoms with Crippen LogP contribution in [0.5, 0.6) is 0 Å². The Balaban J connectivity index is 3.08. The lowest BCUT2D eigenvalue weighted by molar-refractivity contribution is -0.136. The topological polar surface area (TPSA) is 0 Å². The lowest BCUT2D eigenvalue weighted by atomic mass is 9.85. The van der Waals surface area contributed by atoms with Crippen molar-refractivity contribution in [2.45, 2.75) is 64.3 Å². The number of alkyl halides is 3. The first-order valence-corrected chi connectivity index (χ1v) is 11.2. The van der Waals surface area contributed by atoms with Gasteiger partial charge in [-0.15, -0.1) is 0 Å². The van der Waals surface area contributed by atoms with Crippen LogP contribution in [0.2, 0.25) is 19.6 Å². The number of benzene rings is 1. The van der Waals surface area contributed by atoms with E-state index < -0.39 is 26.6 Å². The molecule has 0 aliphatic rings. The highest BCUT2D eigenvalue weighted by molar-refractivity contribution is 6.80. The molecule has 124 valence electrons. The Hall–Kier alpha value is -1.03. The predicted octanol–water partition coefficient (Wildman–Crippen LogP) is 6.45. The van der Waals surface area contributed by atoms with Gasteiger partial charge in [0.1, 0.15) is 0 Å². The van der Waals surface area contributed by atoms with Gasteiger partial charge >= 0.3 is 6.18 Å². The van der Waals surface area contributed by atoms with E-state index in [4.69, 9.17) is 0 Å². The molecule has 1 atom stereocenters. The van der Waals surface area contributed by atoms with Crippen LogP contribution < -0.4 is 0 Å². The highest BCUT2D eigenvalue weighted by atomic mass is 28.3. The zero-order chi connectivity index (χ0) is 17.2. The van der Waals surface area contributed by atoms with Gasteiger partial charge in [0.05, 0.1) is 14.5 Å². The van der Waals surface area contributed by atoms with Crippen molar-refractivity contribution >= 4 is 8.07 Å². The number of allylic oxidation sites excluding steroid dienone is 1. The van der Waals surface area contributed by atoms with Crippen LogP contribution in [0, 0.1) is 0 Å². The van der Waals surface area contributed by atoms with Crippen molar-refractivity contribution in [3.63, 3.8) is 0 Å². The molecule has 0 aliphatic carbocycles. The van der Waals surface area contributed by atoms with Crippen LogP contribution in [0.3, 0.4) is 0 Å². The molecule has 1 rings (SSSR count). The third-order valence-electron chi connectivity index (χ3n) is 3.48. The average Bonchev–Trinajstić information content (AvgIpc) is 2.31. The van der Waals surface area contributed by atoms with E-state index in [1.54, 1.807) is 6.08 Å². The Morgan fingerprint density at radius 3 is 1.86 bits per heavy atom. The smallest absolute Gasteiger partial charge is 0.171 e.